The summed E-state index contributed by atoms with van der Waals surface area (Å²) < 4.78 is 0. The lowest BCUT2D eigenvalue weighted by Gasteiger charge is -2.24. The van der Waals surface area contributed by atoms with Crippen LogP contribution in [0, 0.1) is 0 Å². The molecule has 110 valence electrons. The van der Waals surface area contributed by atoms with E-state index in [2.05, 4.69) is 37.3 Å². The molecule has 2 saturated heterocycles. The Morgan fingerprint density at radius 3 is 2.48 bits per heavy atom. The predicted octanol–water partition coefficient (Wildman–Crippen LogP) is 2.39. The van der Waals surface area contributed by atoms with Crippen LogP contribution in [0.4, 0.5) is 0 Å². The molecule has 0 N–H and O–H groups in total. The van der Waals surface area contributed by atoms with Gasteiger partial charge in [0.05, 0.1) is 12.2 Å². The fourth-order valence-corrected chi connectivity index (χ4v) is 4.40. The molecule has 0 amide bonds. The lowest BCUT2D eigenvalue weighted by atomic mass is 10.1. The maximum absolute atomic E-state index is 4.47. The topological polar surface area (TPSA) is 32.3 Å². The highest BCUT2D eigenvalue weighted by molar-refractivity contribution is 7.09. The molecular weight excluding hydrogens is 280 g/mol. The van der Waals surface area contributed by atoms with Gasteiger partial charge < -0.3 is 0 Å². The van der Waals surface area contributed by atoms with Gasteiger partial charge in [0.1, 0.15) is 5.01 Å². The molecule has 0 saturated carbocycles. The summed E-state index contributed by atoms with van der Waals surface area (Å²) in [5, 5.41) is 3.32. The predicted molar refractivity (Wildman–Crippen MR) is 84.0 cm³/mol. The molecule has 2 aliphatic rings. The Bertz CT molecular complexity index is 571. The van der Waals surface area contributed by atoms with Gasteiger partial charge in [-0.25, -0.2) is 4.98 Å². The van der Waals surface area contributed by atoms with E-state index in [1.807, 2.05) is 18.5 Å². The van der Waals surface area contributed by atoms with E-state index >= 15 is 0 Å². The van der Waals surface area contributed by atoms with Gasteiger partial charge in [0.25, 0.3) is 0 Å². The molecule has 2 atom stereocenters. The van der Waals surface area contributed by atoms with Crippen molar-refractivity contribution < 1.29 is 0 Å². The smallest absolute Gasteiger partial charge is 0.107 e. The van der Waals surface area contributed by atoms with Crippen LogP contribution >= 0.6 is 11.3 Å². The van der Waals surface area contributed by atoms with Gasteiger partial charge in [-0.05, 0) is 25.0 Å². The fourth-order valence-electron chi connectivity index (χ4n) is 3.76. The molecule has 0 spiro atoms. The molecule has 4 heterocycles. The van der Waals surface area contributed by atoms with Crippen molar-refractivity contribution in [3.05, 3.63) is 46.7 Å². The zero-order valence-corrected chi connectivity index (χ0v) is 12.9. The molecule has 0 radical (unpaired) electrons. The van der Waals surface area contributed by atoms with Gasteiger partial charge in [0.15, 0.2) is 0 Å². The summed E-state index contributed by atoms with van der Waals surface area (Å²) in [4.78, 5) is 14.2. The summed E-state index contributed by atoms with van der Waals surface area (Å²) in [6.07, 6.45) is 6.37. The van der Waals surface area contributed by atoms with Crippen molar-refractivity contribution >= 4 is 11.3 Å². The number of nitrogens with zero attached hydrogens (tertiary/aromatic N) is 4. The van der Waals surface area contributed by atoms with Crippen LogP contribution in [-0.2, 0) is 13.1 Å². The van der Waals surface area contributed by atoms with Gasteiger partial charge in [0.2, 0.25) is 0 Å². The number of aromatic nitrogens is 2. The SMILES string of the molecule is c1ccc(CN2CC[C@@H]3[C@@H]2CCN3Cc2nccs2)nc1. The Balaban J connectivity index is 1.41. The molecule has 2 aromatic heterocycles. The van der Waals surface area contributed by atoms with E-state index in [4.69, 9.17) is 0 Å². The molecule has 2 aliphatic heterocycles. The van der Waals surface area contributed by atoms with Crippen molar-refractivity contribution in [2.24, 2.45) is 0 Å². The van der Waals surface area contributed by atoms with Crippen molar-refractivity contribution in [3.8, 4) is 0 Å². The Kier molecular flexibility index (Phi) is 3.71. The third kappa shape index (κ3) is 2.73. The molecule has 0 unspecified atom stereocenters. The van der Waals surface area contributed by atoms with Crippen molar-refractivity contribution in [1.82, 2.24) is 19.8 Å². The molecule has 0 aromatic carbocycles. The Morgan fingerprint density at radius 2 is 1.81 bits per heavy atom. The number of rotatable bonds is 4. The van der Waals surface area contributed by atoms with E-state index in [0.29, 0.717) is 12.1 Å². The van der Waals surface area contributed by atoms with Crippen LogP contribution < -0.4 is 0 Å². The first-order valence-electron chi connectivity index (χ1n) is 7.66. The van der Waals surface area contributed by atoms with Crippen LogP contribution in [0.5, 0.6) is 0 Å². The molecular formula is C16H20N4S. The molecule has 4 nitrogen and oxygen atoms in total. The van der Waals surface area contributed by atoms with Crippen LogP contribution in [-0.4, -0.2) is 44.9 Å². The maximum atomic E-state index is 4.47. The second kappa shape index (κ2) is 5.83. The summed E-state index contributed by atoms with van der Waals surface area (Å²) in [7, 11) is 0. The van der Waals surface area contributed by atoms with Gasteiger partial charge in [0, 0.05) is 49.5 Å². The summed E-state index contributed by atoms with van der Waals surface area (Å²) in [6, 6.07) is 7.61. The molecule has 2 aromatic rings. The van der Waals surface area contributed by atoms with Gasteiger partial charge in [-0.3, -0.25) is 14.8 Å². The lowest BCUT2D eigenvalue weighted by molar-refractivity contribution is 0.211. The minimum atomic E-state index is 0.701. The van der Waals surface area contributed by atoms with Crippen LogP contribution in [0.25, 0.3) is 0 Å². The van der Waals surface area contributed by atoms with E-state index in [1.54, 1.807) is 11.3 Å². The van der Waals surface area contributed by atoms with Gasteiger partial charge in [-0.2, -0.15) is 0 Å². The Morgan fingerprint density at radius 1 is 1.00 bits per heavy atom. The number of likely N-dealkylation sites (tertiary alicyclic amines) is 2. The lowest BCUT2D eigenvalue weighted by Crippen LogP contribution is -2.36. The minimum Gasteiger partial charge on any atom is -0.293 e. The first kappa shape index (κ1) is 13.4. The van der Waals surface area contributed by atoms with E-state index in [9.17, 15) is 0 Å². The second-order valence-corrected chi connectivity index (χ2v) is 6.88. The largest absolute Gasteiger partial charge is 0.293 e. The number of pyridine rings is 1. The average Bonchev–Trinajstić information content (AvgIpc) is 3.21. The van der Waals surface area contributed by atoms with Crippen LogP contribution in [0.15, 0.2) is 36.0 Å². The monoisotopic (exact) mass is 300 g/mol. The standard InChI is InChI=1S/C16H20N4S/c1-2-6-17-13(3-1)11-19-8-4-15-14(19)5-9-20(15)12-16-18-7-10-21-16/h1-3,6-7,10,14-15H,4-5,8-9,11-12H2/t14-,15+/m0/s1. The highest BCUT2D eigenvalue weighted by atomic mass is 32.1. The highest BCUT2D eigenvalue weighted by Crippen LogP contribution is 2.33. The molecule has 0 aliphatic carbocycles. The zero-order chi connectivity index (χ0) is 14.1. The van der Waals surface area contributed by atoms with E-state index in [0.717, 1.165) is 13.1 Å². The summed E-state index contributed by atoms with van der Waals surface area (Å²) >= 11 is 1.77. The molecule has 5 heteroatoms. The van der Waals surface area contributed by atoms with E-state index < -0.39 is 0 Å². The second-order valence-electron chi connectivity index (χ2n) is 5.90. The quantitative estimate of drug-likeness (QED) is 0.868. The van der Waals surface area contributed by atoms with Crippen molar-refractivity contribution in [2.45, 2.75) is 38.0 Å². The molecule has 0 bridgehead atoms. The number of hydrogen-bond acceptors (Lipinski definition) is 5. The van der Waals surface area contributed by atoms with E-state index in [1.165, 1.54) is 36.6 Å². The van der Waals surface area contributed by atoms with Crippen LogP contribution in [0.2, 0.25) is 0 Å². The first-order valence-corrected chi connectivity index (χ1v) is 8.54. The van der Waals surface area contributed by atoms with Crippen LogP contribution in [0.1, 0.15) is 23.5 Å². The Hall–Kier alpha value is -1.30. The minimum absolute atomic E-state index is 0.701. The molecule has 21 heavy (non-hydrogen) atoms. The number of thiazole rings is 1. The molecule has 4 rings (SSSR count). The number of fused-ring (bicyclic) bond motifs is 1. The third-order valence-electron chi connectivity index (χ3n) is 4.72. The summed E-state index contributed by atoms with van der Waals surface area (Å²) in [6.45, 7) is 4.41. The Labute approximate surface area is 129 Å². The normalized spacial score (nSPS) is 26.3. The zero-order valence-electron chi connectivity index (χ0n) is 12.1. The van der Waals surface area contributed by atoms with E-state index in [-0.39, 0.29) is 0 Å². The van der Waals surface area contributed by atoms with Gasteiger partial charge in [-0.15, -0.1) is 11.3 Å². The average molecular weight is 300 g/mol. The summed E-state index contributed by atoms with van der Waals surface area (Å²) in [5.74, 6) is 0. The van der Waals surface area contributed by atoms with Crippen molar-refractivity contribution in [2.75, 3.05) is 13.1 Å². The van der Waals surface area contributed by atoms with Crippen LogP contribution in [0.3, 0.4) is 0 Å². The van der Waals surface area contributed by atoms with Gasteiger partial charge >= 0.3 is 0 Å². The van der Waals surface area contributed by atoms with Crippen molar-refractivity contribution in [1.29, 1.82) is 0 Å². The first-order chi connectivity index (χ1) is 10.4. The van der Waals surface area contributed by atoms with Crippen molar-refractivity contribution in [3.63, 3.8) is 0 Å². The third-order valence-corrected chi connectivity index (χ3v) is 5.48. The number of hydrogen-bond donors (Lipinski definition) is 0. The van der Waals surface area contributed by atoms with Gasteiger partial charge in [-0.1, -0.05) is 6.07 Å². The molecule has 2 fully saturated rings. The highest BCUT2D eigenvalue weighted by Gasteiger charge is 2.42. The summed E-state index contributed by atoms with van der Waals surface area (Å²) in [5.41, 5.74) is 1.19. The maximum Gasteiger partial charge on any atom is 0.107 e. The fraction of sp³-hybridized carbons (Fsp3) is 0.500.